The molecular formula is C14H13ClN2O4S. The molecular weight excluding hydrogens is 328 g/mol. The second-order valence-electron chi connectivity index (χ2n) is 4.32. The van der Waals surface area contributed by atoms with Crippen LogP contribution in [0, 0.1) is 0 Å². The highest BCUT2D eigenvalue weighted by Gasteiger charge is 2.22. The molecule has 0 aliphatic heterocycles. The third-order valence-electron chi connectivity index (χ3n) is 2.97. The number of benzene rings is 1. The second-order valence-corrected chi connectivity index (χ2v) is 6.73. The summed E-state index contributed by atoms with van der Waals surface area (Å²) in [5, 5.41) is 0.414. The molecule has 0 saturated heterocycles. The minimum Gasteiger partial charge on any atom is -0.465 e. The molecule has 0 aliphatic rings. The van der Waals surface area contributed by atoms with Crippen molar-refractivity contribution in [2.24, 2.45) is 0 Å². The van der Waals surface area contributed by atoms with Crippen LogP contribution in [0.4, 0.5) is 5.82 Å². The first-order valence-electron chi connectivity index (χ1n) is 6.15. The molecule has 0 bridgehead atoms. The van der Waals surface area contributed by atoms with Gasteiger partial charge in [-0.2, -0.15) is 0 Å². The number of carbonyl (C=O) groups excluding carboxylic acids is 1. The number of methoxy groups -OCH3 is 1. The van der Waals surface area contributed by atoms with Crippen LogP contribution >= 0.6 is 11.6 Å². The number of rotatable bonds is 4. The van der Waals surface area contributed by atoms with Crippen molar-refractivity contribution in [1.82, 2.24) is 4.98 Å². The Balaban J connectivity index is 2.33. The number of hydrogen-bond acceptors (Lipinski definition) is 5. The fourth-order valence-corrected chi connectivity index (χ4v) is 2.98. The second kappa shape index (κ2) is 6.33. The van der Waals surface area contributed by atoms with E-state index in [4.69, 9.17) is 11.6 Å². The highest BCUT2D eigenvalue weighted by atomic mass is 35.5. The number of nitrogens with zero attached hydrogens (tertiary/aromatic N) is 2. The first kappa shape index (κ1) is 16.3. The van der Waals surface area contributed by atoms with Gasteiger partial charge in [0.15, 0.2) is 0 Å². The van der Waals surface area contributed by atoms with Gasteiger partial charge >= 0.3 is 5.97 Å². The van der Waals surface area contributed by atoms with Gasteiger partial charge in [0.2, 0.25) is 0 Å². The Kier molecular flexibility index (Phi) is 4.68. The Labute approximate surface area is 133 Å². The Morgan fingerprint density at radius 2 is 1.82 bits per heavy atom. The molecule has 116 valence electrons. The maximum atomic E-state index is 12.5. The average Bonchev–Trinajstić information content (AvgIpc) is 2.54. The number of aromatic nitrogens is 1. The minimum atomic E-state index is -3.78. The molecule has 2 aromatic rings. The van der Waals surface area contributed by atoms with Crippen molar-refractivity contribution in [2.75, 3.05) is 18.5 Å². The lowest BCUT2D eigenvalue weighted by Gasteiger charge is -2.18. The molecule has 1 aromatic heterocycles. The van der Waals surface area contributed by atoms with Crippen molar-refractivity contribution in [3.05, 3.63) is 53.2 Å². The standard InChI is InChI=1S/C14H13ClN2O4S/c1-17(13-8-5-11(15)9-16-13)22(19,20)12-6-3-10(4-7-12)14(18)21-2/h3-9H,1-2H3. The van der Waals surface area contributed by atoms with Gasteiger partial charge in [-0.25, -0.2) is 18.2 Å². The zero-order valence-corrected chi connectivity index (χ0v) is 13.4. The van der Waals surface area contributed by atoms with Crippen molar-refractivity contribution in [3.63, 3.8) is 0 Å². The zero-order valence-electron chi connectivity index (χ0n) is 11.9. The number of sulfonamides is 1. The van der Waals surface area contributed by atoms with E-state index in [-0.39, 0.29) is 16.3 Å². The van der Waals surface area contributed by atoms with Gasteiger partial charge < -0.3 is 4.74 Å². The molecule has 1 heterocycles. The molecule has 0 N–H and O–H groups in total. The van der Waals surface area contributed by atoms with Gasteiger partial charge in [0, 0.05) is 13.2 Å². The summed E-state index contributed by atoms with van der Waals surface area (Å²) in [6, 6.07) is 8.52. The van der Waals surface area contributed by atoms with Crippen LogP contribution in [0.15, 0.2) is 47.5 Å². The molecule has 0 unspecified atom stereocenters. The molecule has 1 aromatic carbocycles. The Morgan fingerprint density at radius 1 is 1.18 bits per heavy atom. The van der Waals surface area contributed by atoms with E-state index in [2.05, 4.69) is 9.72 Å². The highest BCUT2D eigenvalue weighted by molar-refractivity contribution is 7.92. The van der Waals surface area contributed by atoms with E-state index < -0.39 is 16.0 Å². The molecule has 0 fully saturated rings. The lowest BCUT2D eigenvalue weighted by atomic mass is 10.2. The zero-order chi connectivity index (χ0) is 16.3. The number of hydrogen-bond donors (Lipinski definition) is 0. The monoisotopic (exact) mass is 340 g/mol. The number of esters is 1. The predicted molar refractivity (Wildman–Crippen MR) is 82.6 cm³/mol. The molecule has 0 aliphatic carbocycles. The van der Waals surface area contributed by atoms with E-state index in [9.17, 15) is 13.2 Å². The Morgan fingerprint density at radius 3 is 2.32 bits per heavy atom. The van der Waals surface area contributed by atoms with Crippen LogP contribution in [-0.2, 0) is 14.8 Å². The van der Waals surface area contributed by atoms with Crippen molar-refractivity contribution >= 4 is 33.4 Å². The van der Waals surface area contributed by atoms with Crippen molar-refractivity contribution < 1.29 is 17.9 Å². The minimum absolute atomic E-state index is 0.0411. The maximum absolute atomic E-state index is 12.5. The van der Waals surface area contributed by atoms with Crippen LogP contribution in [0.3, 0.4) is 0 Å². The summed E-state index contributed by atoms with van der Waals surface area (Å²) in [6.07, 6.45) is 1.36. The van der Waals surface area contributed by atoms with Crippen LogP contribution < -0.4 is 4.31 Å². The lowest BCUT2D eigenvalue weighted by molar-refractivity contribution is 0.0600. The van der Waals surface area contributed by atoms with E-state index in [1.165, 1.54) is 50.7 Å². The van der Waals surface area contributed by atoms with Crippen LogP contribution in [-0.4, -0.2) is 33.5 Å². The predicted octanol–water partition coefficient (Wildman–Crippen LogP) is 2.35. The third-order valence-corrected chi connectivity index (χ3v) is 4.97. The van der Waals surface area contributed by atoms with Gasteiger partial charge in [-0.1, -0.05) is 11.6 Å². The summed E-state index contributed by atoms with van der Waals surface area (Å²) in [4.78, 5) is 15.4. The smallest absolute Gasteiger partial charge is 0.337 e. The fraction of sp³-hybridized carbons (Fsp3) is 0.143. The number of anilines is 1. The van der Waals surface area contributed by atoms with Crippen LogP contribution in [0.25, 0.3) is 0 Å². The van der Waals surface area contributed by atoms with Gasteiger partial charge in [0.05, 0.1) is 22.6 Å². The van der Waals surface area contributed by atoms with E-state index in [0.717, 1.165) is 4.31 Å². The van der Waals surface area contributed by atoms with Gasteiger partial charge in [-0.05, 0) is 36.4 Å². The lowest BCUT2D eigenvalue weighted by Crippen LogP contribution is -2.27. The summed E-state index contributed by atoms with van der Waals surface area (Å²) in [6.45, 7) is 0. The van der Waals surface area contributed by atoms with E-state index in [1.807, 2.05) is 0 Å². The Bertz CT molecular complexity index is 773. The van der Waals surface area contributed by atoms with Crippen LogP contribution in [0.5, 0.6) is 0 Å². The molecule has 0 radical (unpaired) electrons. The van der Waals surface area contributed by atoms with Crippen LogP contribution in [0.1, 0.15) is 10.4 Å². The summed E-state index contributed by atoms with van der Waals surface area (Å²) >= 11 is 5.73. The molecule has 0 amide bonds. The van der Waals surface area contributed by atoms with Crippen molar-refractivity contribution in [3.8, 4) is 0 Å². The van der Waals surface area contributed by atoms with Crippen molar-refractivity contribution in [1.29, 1.82) is 0 Å². The summed E-state index contributed by atoms with van der Waals surface area (Å²) in [7, 11) is -1.13. The Hall–Kier alpha value is -2.12. The molecule has 8 heteroatoms. The molecule has 6 nitrogen and oxygen atoms in total. The van der Waals surface area contributed by atoms with Crippen molar-refractivity contribution in [2.45, 2.75) is 4.90 Å². The number of pyridine rings is 1. The topological polar surface area (TPSA) is 76.6 Å². The van der Waals surface area contributed by atoms with Crippen LogP contribution in [0.2, 0.25) is 5.02 Å². The van der Waals surface area contributed by atoms with Gasteiger partial charge in [0.25, 0.3) is 10.0 Å². The molecule has 2 rings (SSSR count). The molecule has 0 atom stereocenters. The molecule has 22 heavy (non-hydrogen) atoms. The highest BCUT2D eigenvalue weighted by Crippen LogP contribution is 2.21. The molecule has 0 saturated carbocycles. The summed E-state index contributed by atoms with van der Waals surface area (Å²) < 4.78 is 30.6. The summed E-state index contributed by atoms with van der Waals surface area (Å²) in [5.74, 6) is -0.293. The van der Waals surface area contributed by atoms with Gasteiger partial charge in [-0.15, -0.1) is 0 Å². The first-order chi connectivity index (χ1) is 10.4. The van der Waals surface area contributed by atoms with Gasteiger partial charge in [-0.3, -0.25) is 4.31 Å². The quantitative estimate of drug-likeness (QED) is 0.798. The first-order valence-corrected chi connectivity index (χ1v) is 7.97. The normalized spacial score (nSPS) is 11.0. The third kappa shape index (κ3) is 3.20. The summed E-state index contributed by atoms with van der Waals surface area (Å²) in [5.41, 5.74) is 0.272. The molecule has 0 spiro atoms. The van der Waals surface area contributed by atoms with E-state index in [1.54, 1.807) is 6.07 Å². The fourth-order valence-electron chi connectivity index (χ4n) is 1.72. The van der Waals surface area contributed by atoms with E-state index >= 15 is 0 Å². The number of carbonyl (C=O) groups is 1. The number of halogens is 1. The van der Waals surface area contributed by atoms with E-state index in [0.29, 0.717) is 5.02 Å². The van der Waals surface area contributed by atoms with Gasteiger partial charge in [0.1, 0.15) is 5.82 Å². The number of ether oxygens (including phenoxy) is 1. The maximum Gasteiger partial charge on any atom is 0.337 e. The average molecular weight is 341 g/mol. The SMILES string of the molecule is COC(=O)c1ccc(S(=O)(=O)N(C)c2ccc(Cl)cn2)cc1. The largest absolute Gasteiger partial charge is 0.465 e.